The first-order valence-corrected chi connectivity index (χ1v) is 9.29. The van der Waals surface area contributed by atoms with Crippen molar-refractivity contribution in [1.82, 2.24) is 9.36 Å². The lowest BCUT2D eigenvalue weighted by Crippen LogP contribution is -2.26. The number of hydrogen-bond donors (Lipinski definition) is 1. The summed E-state index contributed by atoms with van der Waals surface area (Å²) < 4.78 is 3.64. The van der Waals surface area contributed by atoms with E-state index in [0.29, 0.717) is 0 Å². The molecule has 2 aromatic carbocycles. The molecule has 0 spiro atoms. The number of benzene rings is 2. The van der Waals surface area contributed by atoms with Gasteiger partial charge >= 0.3 is 0 Å². The maximum Gasteiger partial charge on any atom is 0.279 e. The van der Waals surface area contributed by atoms with Crippen LogP contribution in [-0.2, 0) is 7.05 Å². The monoisotopic (exact) mass is 371 g/mol. The van der Waals surface area contributed by atoms with Crippen molar-refractivity contribution in [1.29, 1.82) is 0 Å². The number of nitrogens with one attached hydrogen (secondary N) is 2. The van der Waals surface area contributed by atoms with Crippen molar-refractivity contribution in [3.63, 3.8) is 0 Å². The van der Waals surface area contributed by atoms with Gasteiger partial charge in [0.2, 0.25) is 0 Å². The molecule has 4 rings (SSSR count). The highest BCUT2D eigenvalue weighted by Crippen LogP contribution is 2.26. The minimum absolute atomic E-state index is 0.0246. The second-order valence-corrected chi connectivity index (χ2v) is 6.74. The summed E-state index contributed by atoms with van der Waals surface area (Å²) in [5.74, 6) is 0.852. The lowest BCUT2D eigenvalue weighted by atomic mass is 9.99. The maximum atomic E-state index is 13.5. The summed E-state index contributed by atoms with van der Waals surface area (Å²) >= 11 is 0. The molecule has 0 radical (unpaired) electrons. The van der Waals surface area contributed by atoms with Crippen molar-refractivity contribution < 1.29 is 4.98 Å². The molecule has 2 N–H and O–H groups in total. The van der Waals surface area contributed by atoms with Gasteiger partial charge in [-0.15, -0.1) is 0 Å². The van der Waals surface area contributed by atoms with Crippen LogP contribution in [0.3, 0.4) is 0 Å². The number of aromatic amines is 1. The number of anilines is 1. The highest BCUT2D eigenvalue weighted by atomic mass is 16.1. The van der Waals surface area contributed by atoms with Crippen LogP contribution in [-0.4, -0.2) is 9.36 Å². The molecule has 2 aromatic heterocycles. The van der Waals surface area contributed by atoms with Crippen LogP contribution in [0.4, 0.5) is 5.82 Å². The van der Waals surface area contributed by atoms with Gasteiger partial charge in [0.15, 0.2) is 6.04 Å². The Kier molecular flexibility index (Phi) is 4.81. The average molecular weight is 371 g/mol. The lowest BCUT2D eigenvalue weighted by molar-refractivity contribution is -0.361. The van der Waals surface area contributed by atoms with E-state index in [1.54, 1.807) is 4.68 Å². The fraction of sp³-hybridized carbons (Fsp3) is 0.130. The number of rotatable bonds is 5. The highest BCUT2D eigenvalue weighted by Gasteiger charge is 2.28. The van der Waals surface area contributed by atoms with Crippen LogP contribution in [0.25, 0.3) is 5.69 Å². The summed E-state index contributed by atoms with van der Waals surface area (Å²) in [6.07, 6.45) is 1.87. The molecule has 1 atom stereocenters. The van der Waals surface area contributed by atoms with Crippen molar-refractivity contribution in [3.8, 4) is 5.69 Å². The van der Waals surface area contributed by atoms with Crippen LogP contribution in [0.15, 0.2) is 89.9 Å². The molecule has 4 aromatic rings. The van der Waals surface area contributed by atoms with Crippen LogP contribution >= 0.6 is 0 Å². The quantitative estimate of drug-likeness (QED) is 0.584. The Balaban J connectivity index is 1.89. The van der Waals surface area contributed by atoms with Crippen molar-refractivity contribution in [3.05, 3.63) is 112 Å². The van der Waals surface area contributed by atoms with Gasteiger partial charge in [-0.05, 0) is 25.1 Å². The zero-order valence-corrected chi connectivity index (χ0v) is 16.0. The van der Waals surface area contributed by atoms with Crippen LogP contribution in [0.1, 0.15) is 22.9 Å². The minimum atomic E-state index is -0.275. The summed E-state index contributed by atoms with van der Waals surface area (Å²) in [4.78, 5) is 16.7. The van der Waals surface area contributed by atoms with Gasteiger partial charge in [-0.25, -0.2) is 9.67 Å². The minimum Gasteiger partial charge on any atom is -0.285 e. The van der Waals surface area contributed by atoms with Crippen LogP contribution in [0.5, 0.6) is 0 Å². The smallest absolute Gasteiger partial charge is 0.279 e. The molecule has 0 aliphatic rings. The van der Waals surface area contributed by atoms with E-state index in [1.165, 1.54) is 0 Å². The van der Waals surface area contributed by atoms with Crippen LogP contribution in [0.2, 0.25) is 0 Å². The highest BCUT2D eigenvalue weighted by molar-refractivity contribution is 5.44. The van der Waals surface area contributed by atoms with E-state index >= 15 is 0 Å². The van der Waals surface area contributed by atoms with Crippen molar-refractivity contribution in [2.45, 2.75) is 13.0 Å². The van der Waals surface area contributed by atoms with E-state index in [1.807, 2.05) is 104 Å². The first-order chi connectivity index (χ1) is 13.7. The largest absolute Gasteiger partial charge is 0.285 e. The van der Waals surface area contributed by atoms with E-state index in [9.17, 15) is 4.79 Å². The van der Waals surface area contributed by atoms with E-state index in [4.69, 9.17) is 0 Å². The third-order valence-electron chi connectivity index (χ3n) is 5.03. The molecule has 28 heavy (non-hydrogen) atoms. The second-order valence-electron chi connectivity index (χ2n) is 6.74. The zero-order chi connectivity index (χ0) is 19.5. The van der Waals surface area contributed by atoms with Gasteiger partial charge in [0.25, 0.3) is 11.4 Å². The fourth-order valence-electron chi connectivity index (χ4n) is 3.53. The van der Waals surface area contributed by atoms with E-state index in [-0.39, 0.29) is 11.6 Å². The molecule has 0 unspecified atom stereocenters. The molecule has 0 aliphatic heterocycles. The Bertz CT molecular complexity index is 1120. The Morgan fingerprint density at radius 1 is 0.893 bits per heavy atom. The molecule has 0 amide bonds. The summed E-state index contributed by atoms with van der Waals surface area (Å²) in [6, 6.07) is 25.3. The SMILES string of the molecule is Cc1c([C@@H](Nc2cccc[nH+]2)c2ccccc2)c(=O)n(-c2ccccc2)n1C. The van der Waals surface area contributed by atoms with Crippen molar-refractivity contribution >= 4 is 5.82 Å². The standard InChI is InChI=1S/C23H22N4O/c1-17-21(23(28)27(26(17)2)19-13-7-4-8-14-19)22(18-11-5-3-6-12-18)25-20-15-9-10-16-24-20/h3-16,22H,1-2H3,(H,24,25)/p+1/t22-/m0/s1. The topological polar surface area (TPSA) is 53.1 Å². The molecule has 0 fully saturated rings. The first-order valence-electron chi connectivity index (χ1n) is 9.29. The van der Waals surface area contributed by atoms with Crippen molar-refractivity contribution in [2.24, 2.45) is 7.05 Å². The normalized spacial score (nSPS) is 11.9. The number of aromatic nitrogens is 3. The van der Waals surface area contributed by atoms with Crippen LogP contribution < -0.4 is 15.9 Å². The molecule has 0 saturated heterocycles. The Hall–Kier alpha value is -3.60. The van der Waals surface area contributed by atoms with Gasteiger partial charge < -0.3 is 0 Å². The lowest BCUT2D eigenvalue weighted by Gasteiger charge is -2.14. The molecule has 0 aliphatic carbocycles. The number of H-pyrrole nitrogens is 1. The van der Waals surface area contributed by atoms with Gasteiger partial charge in [0.05, 0.1) is 17.4 Å². The summed E-state index contributed by atoms with van der Waals surface area (Å²) in [6.45, 7) is 1.99. The molecule has 5 heteroatoms. The fourth-order valence-corrected chi connectivity index (χ4v) is 3.53. The Morgan fingerprint density at radius 3 is 2.18 bits per heavy atom. The molecule has 5 nitrogen and oxygen atoms in total. The first kappa shape index (κ1) is 17.8. The number of nitrogens with zero attached hydrogens (tertiary/aromatic N) is 2. The summed E-state index contributed by atoms with van der Waals surface area (Å²) in [5.41, 5.74) is 3.51. The van der Waals surface area contributed by atoms with Gasteiger partial charge in [0, 0.05) is 24.4 Å². The Morgan fingerprint density at radius 2 is 1.54 bits per heavy atom. The van der Waals surface area contributed by atoms with Gasteiger partial charge in [-0.2, -0.15) is 0 Å². The molecule has 2 heterocycles. The summed E-state index contributed by atoms with van der Waals surface area (Å²) in [7, 11) is 1.92. The van der Waals surface area contributed by atoms with E-state index in [0.717, 1.165) is 28.3 Å². The number of hydrogen-bond acceptors (Lipinski definition) is 2. The second kappa shape index (κ2) is 7.56. The predicted molar refractivity (Wildman–Crippen MR) is 111 cm³/mol. The average Bonchev–Trinajstić information content (AvgIpc) is 2.97. The molecular weight excluding hydrogens is 348 g/mol. The third-order valence-corrected chi connectivity index (χ3v) is 5.03. The maximum absolute atomic E-state index is 13.5. The van der Waals surface area contributed by atoms with E-state index < -0.39 is 0 Å². The van der Waals surface area contributed by atoms with Gasteiger partial charge in [-0.3, -0.25) is 14.8 Å². The van der Waals surface area contributed by atoms with Gasteiger partial charge in [-0.1, -0.05) is 54.6 Å². The third kappa shape index (κ3) is 3.22. The zero-order valence-electron chi connectivity index (χ0n) is 16.0. The van der Waals surface area contributed by atoms with Crippen LogP contribution in [0, 0.1) is 6.92 Å². The molecule has 0 saturated carbocycles. The van der Waals surface area contributed by atoms with Crippen molar-refractivity contribution in [2.75, 3.05) is 5.32 Å². The molecule has 0 bridgehead atoms. The Labute approximate surface area is 163 Å². The number of para-hydroxylation sites is 1. The molecule has 140 valence electrons. The van der Waals surface area contributed by atoms with E-state index in [2.05, 4.69) is 10.3 Å². The predicted octanol–water partition coefficient (Wildman–Crippen LogP) is 3.50. The summed E-state index contributed by atoms with van der Waals surface area (Å²) in [5, 5.41) is 3.50. The number of pyridine rings is 1. The molecular formula is C23H23N4O+. The van der Waals surface area contributed by atoms with Gasteiger partial charge in [0.1, 0.15) is 0 Å².